The fourth-order valence-corrected chi connectivity index (χ4v) is 2.81. The first-order chi connectivity index (χ1) is 15.4. The first kappa shape index (κ1) is 22.4. The maximum absolute atomic E-state index is 12.4. The fourth-order valence-electron chi connectivity index (χ4n) is 2.59. The van der Waals surface area contributed by atoms with E-state index in [0.717, 1.165) is 0 Å². The van der Waals surface area contributed by atoms with Gasteiger partial charge in [-0.25, -0.2) is 10.2 Å². The van der Waals surface area contributed by atoms with Gasteiger partial charge >= 0.3 is 5.97 Å². The van der Waals surface area contributed by atoms with Crippen LogP contribution in [0.25, 0.3) is 0 Å². The Kier molecular flexibility index (Phi) is 7.14. The number of hydrazone groups is 1. The molecule has 0 saturated heterocycles. The van der Waals surface area contributed by atoms with Gasteiger partial charge in [-0.1, -0.05) is 23.7 Å². The number of esters is 1. The van der Waals surface area contributed by atoms with Crippen LogP contribution in [0.5, 0.6) is 11.5 Å². The Morgan fingerprint density at radius 1 is 1.06 bits per heavy atom. The van der Waals surface area contributed by atoms with Crippen LogP contribution in [0.1, 0.15) is 26.3 Å². The highest BCUT2D eigenvalue weighted by Gasteiger charge is 2.15. The number of benzene rings is 3. The van der Waals surface area contributed by atoms with Crippen molar-refractivity contribution in [2.24, 2.45) is 5.10 Å². The van der Waals surface area contributed by atoms with Gasteiger partial charge in [-0.15, -0.1) is 0 Å². The number of nitro benzene ring substituents is 1. The molecule has 0 saturated carbocycles. The minimum Gasteiger partial charge on any atom is -0.493 e. The van der Waals surface area contributed by atoms with Crippen LogP contribution >= 0.6 is 11.6 Å². The highest BCUT2D eigenvalue weighted by atomic mass is 35.5. The topological polar surface area (TPSA) is 120 Å². The molecule has 9 nitrogen and oxygen atoms in total. The van der Waals surface area contributed by atoms with Crippen molar-refractivity contribution in [2.45, 2.75) is 0 Å². The predicted octanol–water partition coefficient (Wildman–Crippen LogP) is 4.24. The van der Waals surface area contributed by atoms with Gasteiger partial charge in [0.2, 0.25) is 0 Å². The lowest BCUT2D eigenvalue weighted by Gasteiger charge is -2.10. The van der Waals surface area contributed by atoms with Crippen LogP contribution in [0, 0.1) is 10.1 Å². The number of halogens is 1. The normalized spacial score (nSPS) is 10.6. The molecule has 0 atom stereocenters. The van der Waals surface area contributed by atoms with Crippen molar-refractivity contribution in [2.75, 3.05) is 7.11 Å². The number of rotatable bonds is 7. The molecule has 0 spiro atoms. The second kappa shape index (κ2) is 10.2. The SMILES string of the molecule is COc1cc(C=NNC(=O)c2ccc([N+](=O)[O-])cc2)ccc1OC(=O)c1ccccc1Cl. The average Bonchev–Trinajstić information content (AvgIpc) is 2.80. The molecule has 1 amide bonds. The maximum atomic E-state index is 12.4. The molecule has 162 valence electrons. The summed E-state index contributed by atoms with van der Waals surface area (Å²) in [4.78, 5) is 34.6. The molecule has 0 aliphatic carbocycles. The Morgan fingerprint density at radius 3 is 2.44 bits per heavy atom. The Morgan fingerprint density at radius 2 is 1.78 bits per heavy atom. The number of carbonyl (C=O) groups excluding carboxylic acids is 2. The third-order valence-electron chi connectivity index (χ3n) is 4.20. The van der Waals surface area contributed by atoms with Crippen LogP contribution in [-0.2, 0) is 0 Å². The van der Waals surface area contributed by atoms with E-state index in [1.807, 2.05) is 0 Å². The van der Waals surface area contributed by atoms with Gasteiger partial charge in [0.15, 0.2) is 11.5 Å². The Bertz CT molecular complexity index is 1190. The molecule has 3 rings (SSSR count). The molecule has 0 radical (unpaired) electrons. The lowest BCUT2D eigenvalue weighted by molar-refractivity contribution is -0.384. The van der Waals surface area contributed by atoms with Gasteiger partial charge in [0, 0.05) is 17.7 Å². The van der Waals surface area contributed by atoms with Crippen LogP contribution in [0.4, 0.5) is 5.69 Å². The first-order valence-electron chi connectivity index (χ1n) is 9.11. The number of nitrogens with one attached hydrogen (secondary N) is 1. The standard InChI is InChI=1S/C22H16ClN3O6/c1-31-20-12-14(6-11-19(20)32-22(28)17-4-2-3-5-18(17)23)13-24-25-21(27)15-7-9-16(10-8-15)26(29)30/h2-13H,1H3,(H,25,27). The van der Waals surface area contributed by atoms with Gasteiger partial charge in [-0.2, -0.15) is 5.10 Å². The molecule has 32 heavy (non-hydrogen) atoms. The van der Waals surface area contributed by atoms with Crippen molar-refractivity contribution in [1.29, 1.82) is 0 Å². The number of carbonyl (C=O) groups is 2. The predicted molar refractivity (Wildman–Crippen MR) is 118 cm³/mol. The maximum Gasteiger partial charge on any atom is 0.345 e. The zero-order valence-corrected chi connectivity index (χ0v) is 17.4. The monoisotopic (exact) mass is 453 g/mol. The van der Waals surface area contributed by atoms with E-state index in [2.05, 4.69) is 10.5 Å². The third-order valence-corrected chi connectivity index (χ3v) is 4.53. The van der Waals surface area contributed by atoms with Gasteiger partial charge in [0.05, 0.1) is 28.8 Å². The second-order valence-electron chi connectivity index (χ2n) is 6.28. The number of ether oxygens (including phenoxy) is 2. The zero-order valence-electron chi connectivity index (χ0n) is 16.7. The summed E-state index contributed by atoms with van der Waals surface area (Å²) in [5, 5.41) is 14.8. The van der Waals surface area contributed by atoms with Crippen molar-refractivity contribution in [3.8, 4) is 11.5 Å². The molecule has 0 aliphatic rings. The van der Waals surface area contributed by atoms with Crippen LogP contribution in [0.2, 0.25) is 5.02 Å². The third kappa shape index (κ3) is 5.46. The van der Waals surface area contributed by atoms with Crippen molar-refractivity contribution in [3.05, 3.63) is 98.6 Å². The van der Waals surface area contributed by atoms with Gasteiger partial charge in [0.1, 0.15) is 0 Å². The summed E-state index contributed by atoms with van der Waals surface area (Å²) in [7, 11) is 1.42. The molecular weight excluding hydrogens is 438 g/mol. The largest absolute Gasteiger partial charge is 0.493 e. The van der Waals surface area contributed by atoms with Crippen LogP contribution in [-0.4, -0.2) is 30.1 Å². The average molecular weight is 454 g/mol. The number of nitrogens with zero attached hydrogens (tertiary/aromatic N) is 2. The van der Waals surface area contributed by atoms with Gasteiger partial charge in [0.25, 0.3) is 11.6 Å². The van der Waals surface area contributed by atoms with Crippen molar-refractivity contribution in [3.63, 3.8) is 0 Å². The minimum atomic E-state index is -0.634. The van der Waals surface area contributed by atoms with Crippen molar-refractivity contribution < 1.29 is 24.0 Å². The van der Waals surface area contributed by atoms with E-state index in [4.69, 9.17) is 21.1 Å². The lowest BCUT2D eigenvalue weighted by Crippen LogP contribution is -2.17. The number of hydrogen-bond acceptors (Lipinski definition) is 7. The molecule has 1 N–H and O–H groups in total. The minimum absolute atomic E-state index is 0.118. The van der Waals surface area contributed by atoms with Gasteiger partial charge < -0.3 is 9.47 Å². The van der Waals surface area contributed by atoms with E-state index in [-0.39, 0.29) is 33.3 Å². The summed E-state index contributed by atoms with van der Waals surface area (Å²) in [6.07, 6.45) is 1.37. The summed E-state index contributed by atoms with van der Waals surface area (Å²) in [5.41, 5.74) is 3.20. The Balaban J connectivity index is 1.67. The first-order valence-corrected chi connectivity index (χ1v) is 9.49. The van der Waals surface area contributed by atoms with E-state index in [1.54, 1.807) is 36.4 Å². The van der Waals surface area contributed by atoms with Crippen LogP contribution in [0.3, 0.4) is 0 Å². The Hall–Kier alpha value is -4.24. The van der Waals surface area contributed by atoms with E-state index >= 15 is 0 Å². The molecule has 0 heterocycles. The summed E-state index contributed by atoms with van der Waals surface area (Å²) >= 11 is 6.02. The molecule has 0 aliphatic heterocycles. The zero-order chi connectivity index (χ0) is 23.1. The lowest BCUT2D eigenvalue weighted by atomic mass is 10.2. The van der Waals surface area contributed by atoms with Gasteiger partial charge in [-0.05, 0) is 48.0 Å². The number of nitro groups is 1. The van der Waals surface area contributed by atoms with Crippen molar-refractivity contribution >= 4 is 35.4 Å². The highest BCUT2D eigenvalue weighted by molar-refractivity contribution is 6.33. The second-order valence-corrected chi connectivity index (χ2v) is 6.69. The summed E-state index contributed by atoms with van der Waals surface area (Å²) in [6.45, 7) is 0. The van der Waals surface area contributed by atoms with E-state index in [1.165, 1.54) is 43.7 Å². The van der Waals surface area contributed by atoms with Crippen LogP contribution < -0.4 is 14.9 Å². The molecule has 10 heteroatoms. The number of hydrogen-bond donors (Lipinski definition) is 1. The van der Waals surface area contributed by atoms with E-state index in [9.17, 15) is 19.7 Å². The van der Waals surface area contributed by atoms with Gasteiger partial charge in [-0.3, -0.25) is 14.9 Å². The van der Waals surface area contributed by atoms with E-state index < -0.39 is 16.8 Å². The number of non-ortho nitro benzene ring substituents is 1. The van der Waals surface area contributed by atoms with Crippen molar-refractivity contribution in [1.82, 2.24) is 5.43 Å². The molecule has 0 unspecified atom stereocenters. The fraction of sp³-hybridized carbons (Fsp3) is 0.0455. The summed E-state index contributed by atoms with van der Waals surface area (Å²) in [6, 6.07) is 16.3. The molecular formula is C22H16ClN3O6. The smallest absolute Gasteiger partial charge is 0.345 e. The molecule has 0 bridgehead atoms. The summed E-state index contributed by atoms with van der Waals surface area (Å²) < 4.78 is 10.6. The molecule has 0 fully saturated rings. The highest BCUT2D eigenvalue weighted by Crippen LogP contribution is 2.29. The van der Waals surface area contributed by atoms with E-state index in [0.29, 0.717) is 5.56 Å². The molecule has 0 aromatic heterocycles. The van der Waals surface area contributed by atoms with Crippen LogP contribution in [0.15, 0.2) is 71.8 Å². The number of methoxy groups -OCH3 is 1. The summed E-state index contributed by atoms with van der Waals surface area (Å²) in [5.74, 6) is -0.709. The molecule has 3 aromatic rings. The molecule has 3 aromatic carbocycles. The quantitative estimate of drug-likeness (QED) is 0.188. The Labute approximate surface area is 187 Å². The number of amides is 1.